The third kappa shape index (κ3) is 2.28. The number of benzene rings is 1. The number of nitrogens with zero attached hydrogens (tertiary/aromatic N) is 1. The molecule has 0 radical (unpaired) electrons. The standard InChI is InChI=1S/C15H17NOS/c1-11-2-3-14(17)13(8-11)9-16-6-4-12-5-7-18-15(12)10-16/h2-3,5,7-8,17H,4,6,9-10H2,1H3. The minimum Gasteiger partial charge on any atom is -0.508 e. The average molecular weight is 259 g/mol. The highest BCUT2D eigenvalue weighted by molar-refractivity contribution is 7.10. The molecule has 0 saturated heterocycles. The van der Waals surface area contributed by atoms with Gasteiger partial charge >= 0.3 is 0 Å². The SMILES string of the molecule is Cc1ccc(O)c(CN2CCc3ccsc3C2)c1. The fourth-order valence-electron chi connectivity index (χ4n) is 2.51. The summed E-state index contributed by atoms with van der Waals surface area (Å²) in [6.45, 7) is 5.00. The molecule has 1 aromatic carbocycles. The minimum absolute atomic E-state index is 0.414. The molecule has 2 nitrogen and oxygen atoms in total. The van der Waals surface area contributed by atoms with Gasteiger partial charge in [0.15, 0.2) is 0 Å². The number of phenolic OH excluding ortho intramolecular Hbond substituents is 1. The van der Waals surface area contributed by atoms with Crippen LogP contribution in [-0.2, 0) is 19.5 Å². The van der Waals surface area contributed by atoms with Crippen molar-refractivity contribution in [2.75, 3.05) is 6.54 Å². The van der Waals surface area contributed by atoms with Gasteiger partial charge < -0.3 is 5.11 Å². The Hall–Kier alpha value is -1.32. The van der Waals surface area contributed by atoms with Crippen LogP contribution in [0.25, 0.3) is 0 Å². The molecule has 0 unspecified atom stereocenters. The van der Waals surface area contributed by atoms with Crippen molar-refractivity contribution in [2.24, 2.45) is 0 Å². The molecule has 18 heavy (non-hydrogen) atoms. The molecule has 1 aliphatic heterocycles. The van der Waals surface area contributed by atoms with Gasteiger partial charge in [-0.05, 0) is 36.4 Å². The van der Waals surface area contributed by atoms with E-state index in [0.717, 1.165) is 31.6 Å². The molecule has 0 amide bonds. The van der Waals surface area contributed by atoms with E-state index < -0.39 is 0 Å². The van der Waals surface area contributed by atoms with Crippen molar-refractivity contribution in [2.45, 2.75) is 26.4 Å². The lowest BCUT2D eigenvalue weighted by atomic mass is 10.1. The summed E-state index contributed by atoms with van der Waals surface area (Å²) in [6.07, 6.45) is 1.13. The largest absolute Gasteiger partial charge is 0.508 e. The van der Waals surface area contributed by atoms with Gasteiger partial charge in [-0.25, -0.2) is 0 Å². The van der Waals surface area contributed by atoms with Crippen molar-refractivity contribution < 1.29 is 5.11 Å². The molecule has 1 N–H and O–H groups in total. The van der Waals surface area contributed by atoms with E-state index in [1.165, 1.54) is 16.0 Å². The normalized spacial score (nSPS) is 15.6. The van der Waals surface area contributed by atoms with E-state index in [-0.39, 0.29) is 0 Å². The van der Waals surface area contributed by atoms with Crippen LogP contribution in [0.2, 0.25) is 0 Å². The molecule has 3 rings (SSSR count). The maximum atomic E-state index is 9.90. The molecule has 3 heteroatoms. The molecule has 1 aliphatic rings. The van der Waals surface area contributed by atoms with Crippen LogP contribution in [0, 0.1) is 6.92 Å². The summed E-state index contributed by atoms with van der Waals surface area (Å²) >= 11 is 1.84. The van der Waals surface area contributed by atoms with Crippen molar-refractivity contribution in [3.05, 3.63) is 51.2 Å². The summed E-state index contributed by atoms with van der Waals surface area (Å²) in [6, 6.07) is 8.07. The van der Waals surface area contributed by atoms with Gasteiger partial charge in [-0.2, -0.15) is 0 Å². The molecule has 0 spiro atoms. The van der Waals surface area contributed by atoms with Crippen LogP contribution in [0.3, 0.4) is 0 Å². The van der Waals surface area contributed by atoms with E-state index in [1.54, 1.807) is 6.07 Å². The molecule has 1 aromatic heterocycles. The molecule has 2 heterocycles. The summed E-state index contributed by atoms with van der Waals surface area (Å²) in [4.78, 5) is 3.89. The lowest BCUT2D eigenvalue weighted by molar-refractivity contribution is 0.245. The Balaban J connectivity index is 1.76. The van der Waals surface area contributed by atoms with Crippen LogP contribution in [0.15, 0.2) is 29.6 Å². The summed E-state index contributed by atoms with van der Waals surface area (Å²) in [5, 5.41) is 12.1. The second-order valence-electron chi connectivity index (χ2n) is 4.96. The molecule has 0 atom stereocenters. The van der Waals surface area contributed by atoms with E-state index in [4.69, 9.17) is 0 Å². The number of aromatic hydroxyl groups is 1. The smallest absolute Gasteiger partial charge is 0.120 e. The number of phenols is 1. The highest BCUT2D eigenvalue weighted by Gasteiger charge is 2.18. The summed E-state index contributed by atoms with van der Waals surface area (Å²) in [7, 11) is 0. The number of aryl methyl sites for hydroxylation is 1. The topological polar surface area (TPSA) is 23.5 Å². The van der Waals surface area contributed by atoms with Gasteiger partial charge in [-0.3, -0.25) is 4.90 Å². The monoisotopic (exact) mass is 259 g/mol. The predicted octanol–water partition coefficient (Wildman–Crippen LogP) is 3.32. The van der Waals surface area contributed by atoms with Crippen molar-refractivity contribution in [1.82, 2.24) is 4.90 Å². The molecular weight excluding hydrogens is 242 g/mol. The lowest BCUT2D eigenvalue weighted by Gasteiger charge is -2.27. The second kappa shape index (κ2) is 4.75. The fourth-order valence-corrected chi connectivity index (χ4v) is 3.48. The van der Waals surface area contributed by atoms with Gasteiger partial charge in [0.25, 0.3) is 0 Å². The van der Waals surface area contributed by atoms with E-state index >= 15 is 0 Å². The second-order valence-corrected chi connectivity index (χ2v) is 5.96. The first-order chi connectivity index (χ1) is 8.72. The van der Waals surface area contributed by atoms with Crippen LogP contribution in [0.5, 0.6) is 5.75 Å². The molecule has 0 aliphatic carbocycles. The van der Waals surface area contributed by atoms with E-state index in [1.807, 2.05) is 17.4 Å². The molecule has 2 aromatic rings. The van der Waals surface area contributed by atoms with Crippen molar-refractivity contribution in [1.29, 1.82) is 0 Å². The zero-order chi connectivity index (χ0) is 12.5. The van der Waals surface area contributed by atoms with E-state index in [0.29, 0.717) is 5.75 Å². The van der Waals surface area contributed by atoms with Gasteiger partial charge in [0.05, 0.1) is 0 Å². The van der Waals surface area contributed by atoms with Crippen LogP contribution in [-0.4, -0.2) is 16.6 Å². The van der Waals surface area contributed by atoms with E-state index in [9.17, 15) is 5.11 Å². The number of thiophene rings is 1. The van der Waals surface area contributed by atoms with Crippen LogP contribution >= 0.6 is 11.3 Å². The van der Waals surface area contributed by atoms with Gasteiger partial charge in [0.2, 0.25) is 0 Å². The third-order valence-electron chi connectivity index (χ3n) is 3.53. The maximum absolute atomic E-state index is 9.90. The zero-order valence-electron chi connectivity index (χ0n) is 10.5. The summed E-state index contributed by atoms with van der Waals surface area (Å²) < 4.78 is 0. The fraction of sp³-hybridized carbons (Fsp3) is 0.333. The molecule has 0 saturated carbocycles. The lowest BCUT2D eigenvalue weighted by Crippen LogP contribution is -2.29. The number of hydrogen-bond acceptors (Lipinski definition) is 3. The highest BCUT2D eigenvalue weighted by Crippen LogP contribution is 2.27. The van der Waals surface area contributed by atoms with Crippen LogP contribution in [0.1, 0.15) is 21.6 Å². The van der Waals surface area contributed by atoms with Crippen molar-refractivity contribution >= 4 is 11.3 Å². The summed E-state index contributed by atoms with van der Waals surface area (Å²) in [5.41, 5.74) is 3.75. The molecular formula is C15H17NOS. The first-order valence-electron chi connectivity index (χ1n) is 6.28. The Morgan fingerprint density at radius 1 is 1.33 bits per heavy atom. The Bertz CT molecular complexity index is 561. The zero-order valence-corrected chi connectivity index (χ0v) is 11.3. The van der Waals surface area contributed by atoms with Gasteiger partial charge in [-0.15, -0.1) is 11.3 Å². The van der Waals surface area contributed by atoms with Crippen LogP contribution < -0.4 is 0 Å². The predicted molar refractivity (Wildman–Crippen MR) is 75.0 cm³/mol. The number of hydrogen-bond donors (Lipinski definition) is 1. The average Bonchev–Trinajstić information content (AvgIpc) is 2.81. The van der Waals surface area contributed by atoms with Gasteiger partial charge in [0.1, 0.15) is 5.75 Å². The molecule has 0 bridgehead atoms. The maximum Gasteiger partial charge on any atom is 0.120 e. The van der Waals surface area contributed by atoms with Crippen LogP contribution in [0.4, 0.5) is 0 Å². The molecule has 0 fully saturated rings. The highest BCUT2D eigenvalue weighted by atomic mass is 32.1. The van der Waals surface area contributed by atoms with Gasteiger partial charge in [0, 0.05) is 30.1 Å². The van der Waals surface area contributed by atoms with E-state index in [2.05, 4.69) is 29.3 Å². The first kappa shape index (κ1) is 11.8. The summed E-state index contributed by atoms with van der Waals surface area (Å²) in [5.74, 6) is 0.414. The third-order valence-corrected chi connectivity index (χ3v) is 4.48. The number of rotatable bonds is 2. The van der Waals surface area contributed by atoms with Crippen molar-refractivity contribution in [3.8, 4) is 5.75 Å². The van der Waals surface area contributed by atoms with Crippen molar-refractivity contribution in [3.63, 3.8) is 0 Å². The Kier molecular flexibility index (Phi) is 3.10. The van der Waals surface area contributed by atoms with Gasteiger partial charge in [-0.1, -0.05) is 17.7 Å². The molecule has 94 valence electrons. The quantitative estimate of drug-likeness (QED) is 0.894. The Labute approximate surface area is 112 Å². The number of fused-ring (bicyclic) bond motifs is 1. The Morgan fingerprint density at radius 2 is 2.22 bits per heavy atom. The minimum atomic E-state index is 0.414. The Morgan fingerprint density at radius 3 is 3.11 bits per heavy atom. The first-order valence-corrected chi connectivity index (χ1v) is 7.16.